The fraction of sp³-hybridized carbons (Fsp3) is 0.462. The van der Waals surface area contributed by atoms with Crippen molar-refractivity contribution in [2.24, 2.45) is 7.05 Å². The first-order chi connectivity index (χ1) is 8.46. The molecule has 0 atom stereocenters. The summed E-state index contributed by atoms with van der Waals surface area (Å²) in [6.45, 7) is 2.37. The Morgan fingerprint density at radius 2 is 1.84 bits per heavy atom. The molecule has 0 amide bonds. The van der Waals surface area contributed by atoms with Gasteiger partial charge in [0.15, 0.2) is 11.0 Å². The Kier molecular flexibility index (Phi) is 4.85. The number of rotatable bonds is 3. The topological polar surface area (TPSA) is 8.81 Å². The Labute approximate surface area is 116 Å². The van der Waals surface area contributed by atoms with Gasteiger partial charge in [0.25, 0.3) is 0 Å². The van der Waals surface area contributed by atoms with Gasteiger partial charge < -0.3 is 12.4 Å². The molecule has 0 saturated heterocycles. The number of hydrogen-bond acceptors (Lipinski definition) is 0. The van der Waals surface area contributed by atoms with E-state index in [9.17, 15) is 13.2 Å². The second kappa shape index (κ2) is 5.82. The number of unbranched alkanes of at least 4 members (excludes halogenated alkanes) is 1. The number of imidazole rings is 1. The highest BCUT2D eigenvalue weighted by atomic mass is 35.5. The minimum Gasteiger partial charge on any atom is -1.00 e. The van der Waals surface area contributed by atoms with Gasteiger partial charge in [0.2, 0.25) is 0 Å². The lowest BCUT2D eigenvalue weighted by molar-refractivity contribution is -0.667. The van der Waals surface area contributed by atoms with Crippen LogP contribution in [0.2, 0.25) is 0 Å². The number of alkyl halides is 3. The summed E-state index contributed by atoms with van der Waals surface area (Å²) < 4.78 is 42.0. The van der Waals surface area contributed by atoms with Crippen LogP contribution in [0.25, 0.3) is 11.0 Å². The fourth-order valence-electron chi connectivity index (χ4n) is 2.27. The molecule has 1 aromatic carbocycles. The van der Waals surface area contributed by atoms with Crippen molar-refractivity contribution >= 4 is 11.0 Å². The summed E-state index contributed by atoms with van der Waals surface area (Å²) in [7, 11) is 1.47. The molecular formula is C13H16ClF3N2. The summed E-state index contributed by atoms with van der Waals surface area (Å²) in [4.78, 5) is 0. The predicted octanol–water partition coefficient (Wildman–Crippen LogP) is 0.289. The minimum atomic E-state index is -4.33. The number of para-hydroxylation sites is 2. The van der Waals surface area contributed by atoms with Crippen molar-refractivity contribution in [1.82, 2.24) is 4.57 Å². The van der Waals surface area contributed by atoms with Gasteiger partial charge >= 0.3 is 12.0 Å². The maximum atomic E-state index is 13.1. The molecule has 0 fully saturated rings. The van der Waals surface area contributed by atoms with E-state index in [1.165, 1.54) is 16.2 Å². The van der Waals surface area contributed by atoms with Gasteiger partial charge in [-0.1, -0.05) is 25.5 Å². The van der Waals surface area contributed by atoms with Gasteiger partial charge in [0, 0.05) is 0 Å². The highest BCUT2D eigenvalue weighted by Gasteiger charge is 2.45. The third-order valence-electron chi connectivity index (χ3n) is 3.10. The van der Waals surface area contributed by atoms with E-state index in [0.717, 1.165) is 12.8 Å². The molecular weight excluding hydrogens is 277 g/mol. The van der Waals surface area contributed by atoms with Crippen molar-refractivity contribution in [3.63, 3.8) is 0 Å². The molecule has 0 aliphatic heterocycles. The van der Waals surface area contributed by atoms with Crippen LogP contribution in [-0.2, 0) is 19.8 Å². The molecule has 1 aromatic heterocycles. The van der Waals surface area contributed by atoms with Gasteiger partial charge in [-0.15, -0.1) is 0 Å². The lowest BCUT2D eigenvalue weighted by Crippen LogP contribution is -3.00. The lowest BCUT2D eigenvalue weighted by atomic mass is 10.3. The third-order valence-corrected chi connectivity index (χ3v) is 3.10. The Bertz CT molecular complexity index is 561. The summed E-state index contributed by atoms with van der Waals surface area (Å²) in [5.74, 6) is -0.586. The molecule has 0 spiro atoms. The number of nitrogens with zero attached hydrogens (tertiary/aromatic N) is 2. The van der Waals surface area contributed by atoms with Crippen LogP contribution in [0.1, 0.15) is 25.6 Å². The molecule has 0 bridgehead atoms. The molecule has 6 heteroatoms. The molecule has 19 heavy (non-hydrogen) atoms. The lowest BCUT2D eigenvalue weighted by Gasteiger charge is -2.05. The SMILES string of the molecule is CCCCn1c(C(F)(F)F)[n+](C)c2ccccc21.[Cl-]. The average Bonchev–Trinajstić information content (AvgIpc) is 2.60. The monoisotopic (exact) mass is 292 g/mol. The zero-order valence-corrected chi connectivity index (χ0v) is 11.6. The van der Waals surface area contributed by atoms with Crippen LogP contribution in [0.4, 0.5) is 13.2 Å². The van der Waals surface area contributed by atoms with Crippen LogP contribution >= 0.6 is 0 Å². The summed E-state index contributed by atoms with van der Waals surface area (Å²) in [6, 6.07) is 6.98. The number of benzene rings is 1. The van der Waals surface area contributed by atoms with E-state index < -0.39 is 12.0 Å². The Morgan fingerprint density at radius 1 is 1.21 bits per heavy atom. The van der Waals surface area contributed by atoms with E-state index in [2.05, 4.69) is 0 Å². The van der Waals surface area contributed by atoms with Gasteiger partial charge in [-0.05, 0) is 18.6 Å². The van der Waals surface area contributed by atoms with E-state index in [4.69, 9.17) is 0 Å². The second-order valence-corrected chi connectivity index (χ2v) is 4.37. The van der Waals surface area contributed by atoms with Gasteiger partial charge in [-0.3, -0.25) is 0 Å². The predicted molar refractivity (Wildman–Crippen MR) is 63.0 cm³/mol. The first-order valence-corrected chi connectivity index (χ1v) is 6.01. The van der Waals surface area contributed by atoms with Crippen molar-refractivity contribution in [1.29, 1.82) is 0 Å². The summed E-state index contributed by atoms with van der Waals surface area (Å²) in [5, 5.41) is 0. The number of hydrogen-bond donors (Lipinski definition) is 0. The van der Waals surface area contributed by atoms with Gasteiger partial charge in [0.1, 0.15) is 0 Å². The largest absolute Gasteiger partial charge is 1.00 e. The van der Waals surface area contributed by atoms with Crippen LogP contribution in [0.5, 0.6) is 0 Å². The van der Waals surface area contributed by atoms with Crippen LogP contribution in [0, 0.1) is 0 Å². The van der Waals surface area contributed by atoms with Crippen LogP contribution < -0.4 is 17.0 Å². The molecule has 2 rings (SSSR count). The third kappa shape index (κ3) is 2.86. The maximum absolute atomic E-state index is 13.1. The second-order valence-electron chi connectivity index (χ2n) is 4.37. The quantitative estimate of drug-likeness (QED) is 0.719. The summed E-state index contributed by atoms with van der Waals surface area (Å²) in [6.07, 6.45) is -2.73. The molecule has 2 nitrogen and oxygen atoms in total. The maximum Gasteiger partial charge on any atom is 0.495 e. The molecule has 0 saturated carbocycles. The number of aromatic nitrogens is 2. The normalized spacial score (nSPS) is 11.6. The van der Waals surface area contributed by atoms with Crippen LogP contribution in [0.15, 0.2) is 24.3 Å². The molecule has 106 valence electrons. The van der Waals surface area contributed by atoms with E-state index in [0.29, 0.717) is 17.6 Å². The molecule has 0 aliphatic carbocycles. The van der Waals surface area contributed by atoms with Crippen molar-refractivity contribution in [3.8, 4) is 0 Å². The zero-order valence-electron chi connectivity index (χ0n) is 10.8. The van der Waals surface area contributed by atoms with Gasteiger partial charge in [0.05, 0.1) is 13.6 Å². The highest BCUT2D eigenvalue weighted by molar-refractivity contribution is 5.72. The van der Waals surface area contributed by atoms with Crippen molar-refractivity contribution in [2.45, 2.75) is 32.5 Å². The van der Waals surface area contributed by atoms with Gasteiger partial charge in [-0.25, -0.2) is 9.13 Å². The Hall–Kier alpha value is -1.23. The summed E-state index contributed by atoms with van der Waals surface area (Å²) >= 11 is 0. The fourth-order valence-corrected chi connectivity index (χ4v) is 2.27. The van der Waals surface area contributed by atoms with E-state index in [-0.39, 0.29) is 12.4 Å². The molecule has 0 aliphatic rings. The number of aryl methyl sites for hydroxylation is 2. The van der Waals surface area contributed by atoms with Crippen LogP contribution in [0.3, 0.4) is 0 Å². The molecule has 1 heterocycles. The van der Waals surface area contributed by atoms with E-state index >= 15 is 0 Å². The van der Waals surface area contributed by atoms with Crippen molar-refractivity contribution in [3.05, 3.63) is 30.1 Å². The van der Waals surface area contributed by atoms with Crippen LogP contribution in [-0.4, -0.2) is 4.57 Å². The smallest absolute Gasteiger partial charge is 0.495 e. The summed E-state index contributed by atoms with van der Waals surface area (Å²) in [5.41, 5.74) is 1.25. The van der Waals surface area contributed by atoms with Crippen molar-refractivity contribution < 1.29 is 30.1 Å². The molecule has 0 unspecified atom stereocenters. The molecule has 2 aromatic rings. The zero-order chi connectivity index (χ0) is 13.3. The number of halogens is 4. The Morgan fingerprint density at radius 3 is 2.42 bits per heavy atom. The first kappa shape index (κ1) is 15.8. The standard InChI is InChI=1S/C13H16F3N2.ClH/c1-3-4-9-18-11-8-6-5-7-10(11)17(2)12(18)13(14,15)16;/h5-8H,3-4,9H2,1-2H3;1H/q+1;/p-1. The first-order valence-electron chi connectivity index (χ1n) is 6.01. The average molecular weight is 293 g/mol. The molecule has 0 N–H and O–H groups in total. The van der Waals surface area contributed by atoms with E-state index in [1.807, 2.05) is 6.92 Å². The Balaban J connectivity index is 0.00000180. The number of fused-ring (bicyclic) bond motifs is 1. The highest BCUT2D eigenvalue weighted by Crippen LogP contribution is 2.30. The minimum absolute atomic E-state index is 0. The van der Waals surface area contributed by atoms with E-state index in [1.54, 1.807) is 24.3 Å². The molecule has 0 radical (unpaired) electrons. The van der Waals surface area contributed by atoms with Gasteiger partial charge in [-0.2, -0.15) is 13.2 Å². The van der Waals surface area contributed by atoms with Crippen molar-refractivity contribution in [2.75, 3.05) is 0 Å².